The van der Waals surface area contributed by atoms with Gasteiger partial charge < -0.3 is 0 Å². The van der Waals surface area contributed by atoms with Crippen LogP contribution in [0.1, 0.15) is 5.56 Å². The number of hydrogen-bond donors (Lipinski definition) is 0. The highest BCUT2D eigenvalue weighted by atomic mass is 19.1. The largest absolute Gasteiger partial charge is 0.232 e. The Balaban J connectivity index is 2.79. The third kappa shape index (κ3) is 2.51. The smallest absolute Gasteiger partial charge is 0.123 e. The fourth-order valence-corrected chi connectivity index (χ4v) is 0.794. The van der Waals surface area contributed by atoms with E-state index in [1.54, 1.807) is 18.2 Å². The quantitative estimate of drug-likeness (QED) is 0.618. The Morgan fingerprint density at radius 1 is 1.45 bits per heavy atom. The zero-order chi connectivity index (χ0) is 8.10. The molecule has 0 aliphatic rings. The second-order valence-corrected chi connectivity index (χ2v) is 2.12. The summed E-state index contributed by atoms with van der Waals surface area (Å²) in [5.41, 5.74) is 0.723. The molecule has 0 aliphatic heterocycles. The molecule has 11 heavy (non-hydrogen) atoms. The molecule has 1 rings (SSSR count). The monoisotopic (exact) mass is 151 g/mol. The maximum atomic E-state index is 12.5. The second-order valence-electron chi connectivity index (χ2n) is 2.12. The Bertz CT molecular complexity index is 255. The van der Waals surface area contributed by atoms with E-state index in [2.05, 4.69) is 0 Å². The molecule has 1 aromatic rings. The highest BCUT2D eigenvalue weighted by Gasteiger charge is 1.88. The minimum absolute atomic E-state index is 0.267. The highest BCUT2D eigenvalue weighted by molar-refractivity contribution is 5.48. The van der Waals surface area contributed by atoms with Gasteiger partial charge >= 0.3 is 0 Å². The number of rotatable bonds is 2. The minimum Gasteiger partial charge on any atom is -0.232 e. The summed E-state index contributed by atoms with van der Waals surface area (Å²) in [5.74, 6) is -0.280. The van der Waals surface area contributed by atoms with Crippen LogP contribution >= 0.6 is 0 Å². The number of halogens is 1. The molecule has 0 saturated heterocycles. The van der Waals surface area contributed by atoms with Gasteiger partial charge in [0.15, 0.2) is 0 Å². The molecule has 2 heteroatoms. The first kappa shape index (κ1) is 7.95. The molecule has 0 heterocycles. The molecule has 0 bridgehead atoms. The third-order valence-electron chi connectivity index (χ3n) is 1.26. The summed E-state index contributed by atoms with van der Waals surface area (Å²) in [4.78, 5) is 0. The lowest BCUT2D eigenvalue weighted by atomic mass is 10.2. The van der Waals surface area contributed by atoms with Crippen LogP contribution in [0.2, 0.25) is 0 Å². The van der Waals surface area contributed by atoms with Gasteiger partial charge in [0.2, 0.25) is 0 Å². The van der Waals surface area contributed by atoms with Crippen molar-refractivity contribution in [3.05, 3.63) is 41.7 Å². The molecular formula is C9H8FO. The van der Waals surface area contributed by atoms with E-state index >= 15 is 0 Å². The molecule has 0 saturated carbocycles. The van der Waals surface area contributed by atoms with Gasteiger partial charge in [-0.05, 0) is 17.7 Å². The van der Waals surface area contributed by atoms with Gasteiger partial charge in [0.05, 0.1) is 0 Å². The fraction of sp³-hybridized carbons (Fsp3) is 0.111. The van der Waals surface area contributed by atoms with Crippen LogP contribution in [0.3, 0.4) is 0 Å². The predicted molar refractivity (Wildman–Crippen MR) is 41.0 cm³/mol. The first-order chi connectivity index (χ1) is 5.33. The number of hydrogen-bond acceptors (Lipinski definition) is 0. The van der Waals surface area contributed by atoms with E-state index in [4.69, 9.17) is 0 Å². The van der Waals surface area contributed by atoms with Crippen molar-refractivity contribution in [2.45, 2.75) is 0 Å². The minimum atomic E-state index is -0.280. The maximum absolute atomic E-state index is 12.5. The fourth-order valence-electron chi connectivity index (χ4n) is 0.794. The lowest BCUT2D eigenvalue weighted by molar-refractivity contribution is 0.233. The maximum Gasteiger partial charge on any atom is 0.123 e. The van der Waals surface area contributed by atoms with Crippen LogP contribution in [0.15, 0.2) is 30.3 Å². The van der Waals surface area contributed by atoms with Gasteiger partial charge in [-0.25, -0.2) is 9.50 Å². The number of benzene rings is 1. The van der Waals surface area contributed by atoms with E-state index in [-0.39, 0.29) is 12.4 Å². The molecule has 0 unspecified atom stereocenters. The van der Waals surface area contributed by atoms with E-state index in [9.17, 15) is 9.50 Å². The van der Waals surface area contributed by atoms with Crippen LogP contribution in [0.25, 0.3) is 6.08 Å². The lowest BCUT2D eigenvalue weighted by Gasteiger charge is -1.91. The second kappa shape index (κ2) is 3.88. The molecule has 1 aromatic carbocycles. The van der Waals surface area contributed by atoms with Crippen molar-refractivity contribution in [3.63, 3.8) is 0 Å². The van der Waals surface area contributed by atoms with E-state index in [1.165, 1.54) is 18.2 Å². The van der Waals surface area contributed by atoms with Gasteiger partial charge in [0, 0.05) is 0 Å². The van der Waals surface area contributed by atoms with E-state index < -0.39 is 0 Å². The van der Waals surface area contributed by atoms with Crippen LogP contribution in [-0.4, -0.2) is 6.61 Å². The van der Waals surface area contributed by atoms with Crippen molar-refractivity contribution < 1.29 is 9.50 Å². The van der Waals surface area contributed by atoms with Gasteiger partial charge in [-0.2, -0.15) is 0 Å². The Morgan fingerprint density at radius 3 is 2.91 bits per heavy atom. The molecule has 0 atom stereocenters. The third-order valence-corrected chi connectivity index (χ3v) is 1.26. The zero-order valence-corrected chi connectivity index (χ0v) is 5.96. The van der Waals surface area contributed by atoms with Crippen molar-refractivity contribution in [1.29, 1.82) is 0 Å². The summed E-state index contributed by atoms with van der Waals surface area (Å²) in [6.07, 6.45) is 3.06. The Kier molecular flexibility index (Phi) is 2.81. The van der Waals surface area contributed by atoms with Gasteiger partial charge in [-0.1, -0.05) is 24.3 Å². The summed E-state index contributed by atoms with van der Waals surface area (Å²) < 4.78 is 12.5. The molecule has 57 valence electrons. The van der Waals surface area contributed by atoms with Crippen LogP contribution in [0.5, 0.6) is 0 Å². The van der Waals surface area contributed by atoms with Gasteiger partial charge in [0.1, 0.15) is 12.4 Å². The normalized spacial score (nSPS) is 10.7. The molecule has 0 spiro atoms. The van der Waals surface area contributed by atoms with Crippen molar-refractivity contribution in [2.75, 3.05) is 6.61 Å². The van der Waals surface area contributed by atoms with E-state index in [0.717, 1.165) is 5.56 Å². The Morgan fingerprint density at radius 2 is 2.27 bits per heavy atom. The SMILES string of the molecule is [O]C/C=C/c1cccc(F)c1. The molecule has 1 nitrogen and oxygen atoms in total. The molecule has 1 radical (unpaired) electrons. The highest BCUT2D eigenvalue weighted by Crippen LogP contribution is 2.04. The van der Waals surface area contributed by atoms with Crippen molar-refractivity contribution in [3.8, 4) is 0 Å². The molecule has 0 fully saturated rings. The summed E-state index contributed by atoms with van der Waals surface area (Å²) in [7, 11) is 0. The lowest BCUT2D eigenvalue weighted by Crippen LogP contribution is -1.76. The molecule has 0 aliphatic carbocycles. The van der Waals surface area contributed by atoms with Crippen LogP contribution in [-0.2, 0) is 5.11 Å². The summed E-state index contributed by atoms with van der Waals surface area (Å²) >= 11 is 0. The Labute approximate surface area is 64.8 Å². The van der Waals surface area contributed by atoms with Crippen LogP contribution in [0, 0.1) is 5.82 Å². The van der Waals surface area contributed by atoms with Crippen LogP contribution in [0.4, 0.5) is 4.39 Å². The molecule has 0 N–H and O–H groups in total. The van der Waals surface area contributed by atoms with E-state index in [0.29, 0.717) is 0 Å². The van der Waals surface area contributed by atoms with Gasteiger partial charge in [-0.3, -0.25) is 0 Å². The van der Waals surface area contributed by atoms with E-state index in [1.807, 2.05) is 0 Å². The van der Waals surface area contributed by atoms with Crippen molar-refractivity contribution >= 4 is 6.08 Å². The van der Waals surface area contributed by atoms with Crippen molar-refractivity contribution in [1.82, 2.24) is 0 Å². The molecular weight excluding hydrogens is 143 g/mol. The zero-order valence-electron chi connectivity index (χ0n) is 5.96. The molecule has 0 amide bonds. The summed E-state index contributed by atoms with van der Waals surface area (Å²) in [6.45, 7) is -0.267. The first-order valence-corrected chi connectivity index (χ1v) is 3.33. The topological polar surface area (TPSA) is 19.9 Å². The first-order valence-electron chi connectivity index (χ1n) is 3.33. The standard InChI is InChI=1S/C9H8FO/c10-9-5-1-3-8(7-9)4-2-6-11/h1-5,7H,6H2/b4-2+. The summed E-state index contributed by atoms with van der Waals surface area (Å²) in [6, 6.07) is 6.11. The van der Waals surface area contributed by atoms with Crippen LogP contribution < -0.4 is 0 Å². The van der Waals surface area contributed by atoms with Gasteiger partial charge in [0.25, 0.3) is 0 Å². The summed E-state index contributed by atoms with van der Waals surface area (Å²) in [5, 5.41) is 10.0. The predicted octanol–water partition coefficient (Wildman–Crippen LogP) is 2.27. The Hall–Kier alpha value is -1.15. The van der Waals surface area contributed by atoms with Gasteiger partial charge in [-0.15, -0.1) is 0 Å². The molecule has 0 aromatic heterocycles. The van der Waals surface area contributed by atoms with Crippen molar-refractivity contribution in [2.24, 2.45) is 0 Å². The average Bonchev–Trinajstić information content (AvgIpc) is 2.01. The average molecular weight is 151 g/mol.